The van der Waals surface area contributed by atoms with Crippen molar-refractivity contribution in [3.8, 4) is 17.6 Å². The second-order valence-corrected chi connectivity index (χ2v) is 4.37. The van der Waals surface area contributed by atoms with Crippen LogP contribution in [0, 0.1) is 11.3 Å². The topological polar surface area (TPSA) is 78.1 Å². The SMILES string of the molecule is CN(C)C=Nc1cc2c(cc1C#N)OCC(CO)O2. The molecule has 0 amide bonds. The number of aliphatic hydroxyl groups excluding tert-OH is 1. The minimum atomic E-state index is -0.383. The van der Waals surface area contributed by atoms with Gasteiger partial charge in [-0.05, 0) is 0 Å². The fraction of sp³-hybridized carbons (Fsp3) is 0.385. The predicted octanol–water partition coefficient (Wildman–Crippen LogP) is 0.912. The first-order valence-electron chi connectivity index (χ1n) is 5.83. The highest BCUT2D eigenvalue weighted by Crippen LogP contribution is 2.37. The van der Waals surface area contributed by atoms with Crippen LogP contribution in [0.4, 0.5) is 5.69 Å². The lowest BCUT2D eigenvalue weighted by Gasteiger charge is -2.25. The minimum Gasteiger partial charge on any atom is -0.486 e. The summed E-state index contributed by atoms with van der Waals surface area (Å²) in [7, 11) is 3.69. The van der Waals surface area contributed by atoms with Crippen LogP contribution < -0.4 is 9.47 Å². The molecule has 6 heteroatoms. The van der Waals surface area contributed by atoms with E-state index in [2.05, 4.69) is 11.1 Å². The number of nitrogens with zero attached hydrogens (tertiary/aromatic N) is 3. The van der Waals surface area contributed by atoms with Gasteiger partial charge in [-0.3, -0.25) is 0 Å². The molecular formula is C13H15N3O3. The summed E-state index contributed by atoms with van der Waals surface area (Å²) >= 11 is 0. The third-order valence-electron chi connectivity index (χ3n) is 2.53. The molecule has 0 spiro atoms. The lowest BCUT2D eigenvalue weighted by atomic mass is 10.1. The quantitative estimate of drug-likeness (QED) is 0.646. The number of fused-ring (bicyclic) bond motifs is 1. The van der Waals surface area contributed by atoms with Crippen molar-refractivity contribution >= 4 is 12.0 Å². The summed E-state index contributed by atoms with van der Waals surface area (Å²) in [6.45, 7) is 0.157. The van der Waals surface area contributed by atoms with E-state index in [4.69, 9.17) is 19.8 Å². The molecule has 0 bridgehead atoms. The molecule has 6 nitrogen and oxygen atoms in total. The van der Waals surface area contributed by atoms with Crippen LogP contribution in [0.2, 0.25) is 0 Å². The van der Waals surface area contributed by atoms with Crippen molar-refractivity contribution in [1.29, 1.82) is 5.26 Å². The van der Waals surface area contributed by atoms with Gasteiger partial charge in [0.2, 0.25) is 0 Å². The Bertz CT molecular complexity index is 535. The Morgan fingerprint density at radius 1 is 1.53 bits per heavy atom. The summed E-state index contributed by atoms with van der Waals surface area (Å²) in [5.41, 5.74) is 0.931. The van der Waals surface area contributed by atoms with E-state index in [0.29, 0.717) is 22.7 Å². The van der Waals surface area contributed by atoms with Gasteiger partial charge in [0, 0.05) is 26.2 Å². The minimum absolute atomic E-state index is 0.115. The number of hydrogen-bond donors (Lipinski definition) is 1. The monoisotopic (exact) mass is 261 g/mol. The maximum Gasteiger partial charge on any atom is 0.164 e. The van der Waals surface area contributed by atoms with Crippen LogP contribution in [0.1, 0.15) is 5.56 Å². The molecule has 1 N–H and O–H groups in total. The fourth-order valence-corrected chi connectivity index (χ4v) is 1.61. The molecule has 1 unspecified atom stereocenters. The molecule has 1 aliphatic heterocycles. The average molecular weight is 261 g/mol. The second-order valence-electron chi connectivity index (χ2n) is 4.37. The van der Waals surface area contributed by atoms with Crippen molar-refractivity contribution in [2.24, 2.45) is 4.99 Å². The number of nitriles is 1. The zero-order chi connectivity index (χ0) is 13.8. The highest BCUT2D eigenvalue weighted by atomic mass is 16.6. The summed E-state index contributed by atoms with van der Waals surface area (Å²) in [6, 6.07) is 5.33. The van der Waals surface area contributed by atoms with E-state index in [-0.39, 0.29) is 19.3 Å². The van der Waals surface area contributed by atoms with Crippen LogP contribution in [0.3, 0.4) is 0 Å². The van der Waals surface area contributed by atoms with Gasteiger partial charge in [-0.15, -0.1) is 0 Å². The van der Waals surface area contributed by atoms with Crippen molar-refractivity contribution in [1.82, 2.24) is 4.90 Å². The molecule has 0 fully saturated rings. The van der Waals surface area contributed by atoms with Gasteiger partial charge in [-0.25, -0.2) is 4.99 Å². The molecule has 0 radical (unpaired) electrons. The van der Waals surface area contributed by atoms with E-state index in [1.807, 2.05) is 14.1 Å². The standard InChI is InChI=1S/C13H15N3O3/c1-16(2)8-15-11-4-13-12(3-9(11)5-14)18-7-10(6-17)19-13/h3-4,8,10,17H,6-7H2,1-2H3. The van der Waals surface area contributed by atoms with E-state index < -0.39 is 0 Å². The van der Waals surface area contributed by atoms with Crippen molar-refractivity contribution in [3.05, 3.63) is 17.7 Å². The smallest absolute Gasteiger partial charge is 0.164 e. The molecule has 0 aromatic heterocycles. The van der Waals surface area contributed by atoms with Gasteiger partial charge in [-0.2, -0.15) is 5.26 Å². The maximum atomic E-state index is 9.11. The summed E-state index contributed by atoms with van der Waals surface area (Å²) in [5, 5.41) is 18.2. The molecule has 0 aliphatic carbocycles. The molecule has 1 aromatic rings. The van der Waals surface area contributed by atoms with E-state index >= 15 is 0 Å². The first-order chi connectivity index (χ1) is 9.13. The maximum absolute atomic E-state index is 9.11. The van der Waals surface area contributed by atoms with E-state index in [9.17, 15) is 0 Å². The van der Waals surface area contributed by atoms with Gasteiger partial charge in [0.1, 0.15) is 12.7 Å². The van der Waals surface area contributed by atoms with Crippen molar-refractivity contribution < 1.29 is 14.6 Å². The van der Waals surface area contributed by atoms with Crippen molar-refractivity contribution in [2.45, 2.75) is 6.10 Å². The molecule has 0 saturated heterocycles. The Morgan fingerprint density at radius 2 is 2.32 bits per heavy atom. The van der Waals surface area contributed by atoms with Gasteiger partial charge in [0.15, 0.2) is 17.6 Å². The molecule has 0 saturated carbocycles. The number of hydrogen-bond acceptors (Lipinski definition) is 5. The Hall–Kier alpha value is -2.26. The van der Waals surface area contributed by atoms with Gasteiger partial charge in [-0.1, -0.05) is 0 Å². The third kappa shape index (κ3) is 2.95. The van der Waals surface area contributed by atoms with Gasteiger partial charge in [0.05, 0.1) is 24.2 Å². The molecule has 1 heterocycles. The third-order valence-corrected chi connectivity index (χ3v) is 2.53. The first-order valence-corrected chi connectivity index (χ1v) is 5.83. The predicted molar refractivity (Wildman–Crippen MR) is 70.0 cm³/mol. The van der Waals surface area contributed by atoms with E-state index in [1.54, 1.807) is 23.4 Å². The summed E-state index contributed by atoms with van der Waals surface area (Å²) in [4.78, 5) is 5.99. The number of benzene rings is 1. The number of aliphatic imine (C=N–C) groups is 1. The molecule has 1 aliphatic rings. The Labute approximate surface area is 111 Å². The zero-order valence-electron chi connectivity index (χ0n) is 10.8. The molecular weight excluding hydrogens is 246 g/mol. The first kappa shape index (κ1) is 13.2. The fourth-order valence-electron chi connectivity index (χ4n) is 1.61. The lowest BCUT2D eigenvalue weighted by Crippen LogP contribution is -2.32. The number of ether oxygens (including phenoxy) is 2. The normalized spacial score (nSPS) is 17.3. The highest BCUT2D eigenvalue weighted by Gasteiger charge is 2.22. The van der Waals surface area contributed by atoms with Gasteiger partial charge < -0.3 is 19.5 Å². The van der Waals surface area contributed by atoms with Gasteiger partial charge in [0.25, 0.3) is 0 Å². The Morgan fingerprint density at radius 3 is 2.95 bits per heavy atom. The van der Waals surface area contributed by atoms with Crippen molar-refractivity contribution in [2.75, 3.05) is 27.3 Å². The van der Waals surface area contributed by atoms with Crippen LogP contribution in [-0.2, 0) is 0 Å². The van der Waals surface area contributed by atoms with Gasteiger partial charge >= 0.3 is 0 Å². The zero-order valence-corrected chi connectivity index (χ0v) is 10.8. The van der Waals surface area contributed by atoms with Crippen LogP contribution in [-0.4, -0.2) is 49.8 Å². The molecule has 1 atom stereocenters. The highest BCUT2D eigenvalue weighted by molar-refractivity contribution is 5.68. The molecule has 2 rings (SSSR count). The van der Waals surface area contributed by atoms with Crippen LogP contribution >= 0.6 is 0 Å². The summed E-state index contributed by atoms with van der Waals surface area (Å²) in [6.07, 6.45) is 1.22. The number of rotatable bonds is 3. The summed E-state index contributed by atoms with van der Waals surface area (Å²) in [5.74, 6) is 1.00. The lowest BCUT2D eigenvalue weighted by molar-refractivity contribution is 0.0457. The van der Waals surface area contributed by atoms with Crippen LogP contribution in [0.25, 0.3) is 0 Å². The molecule has 100 valence electrons. The molecule has 1 aromatic carbocycles. The van der Waals surface area contributed by atoms with Crippen LogP contribution in [0.5, 0.6) is 11.5 Å². The summed E-state index contributed by atoms with van der Waals surface area (Å²) < 4.78 is 11.0. The number of aliphatic hydroxyl groups is 1. The largest absolute Gasteiger partial charge is 0.486 e. The van der Waals surface area contributed by atoms with E-state index in [1.165, 1.54) is 0 Å². The Kier molecular flexibility index (Phi) is 3.88. The van der Waals surface area contributed by atoms with Crippen molar-refractivity contribution in [3.63, 3.8) is 0 Å². The average Bonchev–Trinajstić information content (AvgIpc) is 2.43. The van der Waals surface area contributed by atoms with Crippen LogP contribution in [0.15, 0.2) is 17.1 Å². The Balaban J connectivity index is 2.37. The molecule has 19 heavy (non-hydrogen) atoms. The second kappa shape index (κ2) is 5.59. The van der Waals surface area contributed by atoms with E-state index in [0.717, 1.165) is 0 Å².